The van der Waals surface area contributed by atoms with Gasteiger partial charge < -0.3 is 10.6 Å². The lowest BCUT2D eigenvalue weighted by Crippen LogP contribution is -2.21. The van der Waals surface area contributed by atoms with Gasteiger partial charge in [-0.15, -0.1) is 0 Å². The lowest BCUT2D eigenvalue weighted by Gasteiger charge is -2.18. The van der Waals surface area contributed by atoms with Crippen molar-refractivity contribution in [3.05, 3.63) is 41.6 Å². The van der Waals surface area contributed by atoms with E-state index in [4.69, 9.17) is 0 Å². The summed E-state index contributed by atoms with van der Waals surface area (Å²) in [6, 6.07) is 7.37. The molecule has 0 radical (unpaired) electrons. The number of carbonyl (C=O) groups is 2. The van der Waals surface area contributed by atoms with Crippen LogP contribution >= 0.6 is 0 Å². The first-order valence-electron chi connectivity index (χ1n) is 7.86. The predicted molar refractivity (Wildman–Crippen MR) is 88.6 cm³/mol. The van der Waals surface area contributed by atoms with Crippen molar-refractivity contribution in [1.82, 2.24) is 9.78 Å². The molecule has 23 heavy (non-hydrogen) atoms. The molecule has 6 heteroatoms. The van der Waals surface area contributed by atoms with Gasteiger partial charge in [-0.1, -0.05) is 6.92 Å². The first-order chi connectivity index (χ1) is 11.1. The smallest absolute Gasteiger partial charge is 0.256 e. The van der Waals surface area contributed by atoms with E-state index in [2.05, 4.69) is 29.6 Å². The van der Waals surface area contributed by atoms with Crippen molar-refractivity contribution in [2.24, 2.45) is 0 Å². The molecule has 6 nitrogen and oxygen atoms in total. The first kappa shape index (κ1) is 15.3. The number of amides is 2. The minimum atomic E-state index is -0.172. The standard InChI is InChI=1S/C17H20N4O2/c1-3-11(2)21-15(8-9-18-21)20-17(23)13-4-6-14-12(10-13)5-7-16(22)19-14/h4,6,8-11H,3,5,7H2,1-2H3,(H,19,22)(H,20,23). The van der Waals surface area contributed by atoms with Gasteiger partial charge in [-0.05, 0) is 43.5 Å². The normalized spacial score (nSPS) is 14.8. The number of fused-ring (bicyclic) bond motifs is 1. The van der Waals surface area contributed by atoms with Crippen LogP contribution in [-0.2, 0) is 11.2 Å². The highest BCUT2D eigenvalue weighted by atomic mass is 16.2. The summed E-state index contributed by atoms with van der Waals surface area (Å²) in [5.41, 5.74) is 2.37. The van der Waals surface area contributed by atoms with Crippen molar-refractivity contribution in [3.8, 4) is 0 Å². The van der Waals surface area contributed by atoms with Gasteiger partial charge in [0.2, 0.25) is 5.91 Å². The zero-order chi connectivity index (χ0) is 16.4. The van der Waals surface area contributed by atoms with Gasteiger partial charge in [0.15, 0.2) is 0 Å². The van der Waals surface area contributed by atoms with Gasteiger partial charge in [-0.2, -0.15) is 5.10 Å². The summed E-state index contributed by atoms with van der Waals surface area (Å²) in [7, 11) is 0. The van der Waals surface area contributed by atoms with E-state index in [1.165, 1.54) is 0 Å². The lowest BCUT2D eigenvalue weighted by atomic mass is 10.00. The van der Waals surface area contributed by atoms with Crippen molar-refractivity contribution in [2.75, 3.05) is 10.6 Å². The van der Waals surface area contributed by atoms with E-state index in [1.807, 2.05) is 10.7 Å². The van der Waals surface area contributed by atoms with E-state index >= 15 is 0 Å². The number of nitrogens with zero attached hydrogens (tertiary/aromatic N) is 2. The molecule has 120 valence electrons. The molecule has 1 aliphatic rings. The SMILES string of the molecule is CCC(C)n1nccc1NC(=O)c1ccc2c(c1)CCC(=O)N2. The van der Waals surface area contributed by atoms with E-state index in [-0.39, 0.29) is 17.9 Å². The number of carbonyl (C=O) groups excluding carboxylic acids is 2. The van der Waals surface area contributed by atoms with Crippen LogP contribution in [0, 0.1) is 0 Å². The Bertz CT molecular complexity index is 751. The molecule has 0 bridgehead atoms. The molecule has 1 aliphatic heterocycles. The number of benzene rings is 1. The van der Waals surface area contributed by atoms with E-state index in [0.29, 0.717) is 24.2 Å². The quantitative estimate of drug-likeness (QED) is 0.911. The van der Waals surface area contributed by atoms with Crippen LogP contribution in [0.25, 0.3) is 0 Å². The predicted octanol–water partition coefficient (Wildman–Crippen LogP) is 2.99. The molecule has 1 aromatic heterocycles. The van der Waals surface area contributed by atoms with E-state index in [0.717, 1.165) is 17.7 Å². The summed E-state index contributed by atoms with van der Waals surface area (Å²) in [6.45, 7) is 4.14. The molecule has 0 saturated carbocycles. The summed E-state index contributed by atoms with van der Waals surface area (Å²) < 4.78 is 1.82. The topological polar surface area (TPSA) is 76.0 Å². The Morgan fingerprint density at radius 2 is 2.22 bits per heavy atom. The highest BCUT2D eigenvalue weighted by Gasteiger charge is 2.18. The maximum atomic E-state index is 12.5. The number of anilines is 2. The van der Waals surface area contributed by atoms with Crippen LogP contribution in [0.5, 0.6) is 0 Å². The second kappa shape index (κ2) is 6.24. The molecule has 1 atom stereocenters. The van der Waals surface area contributed by atoms with Crippen LogP contribution in [0.3, 0.4) is 0 Å². The highest BCUT2D eigenvalue weighted by molar-refractivity contribution is 6.05. The van der Waals surface area contributed by atoms with Crippen LogP contribution in [-0.4, -0.2) is 21.6 Å². The third-order valence-electron chi connectivity index (χ3n) is 4.18. The minimum absolute atomic E-state index is 0.0205. The molecule has 1 aromatic carbocycles. The van der Waals surface area contributed by atoms with Crippen molar-refractivity contribution in [1.29, 1.82) is 0 Å². The monoisotopic (exact) mass is 312 g/mol. The molecular weight excluding hydrogens is 292 g/mol. The van der Waals surface area contributed by atoms with Gasteiger partial charge >= 0.3 is 0 Å². The number of aromatic nitrogens is 2. The van der Waals surface area contributed by atoms with Crippen LogP contribution in [0.1, 0.15) is 48.7 Å². The summed E-state index contributed by atoms with van der Waals surface area (Å²) in [5, 5.41) is 10.00. The first-order valence-corrected chi connectivity index (χ1v) is 7.86. The molecule has 2 aromatic rings. The van der Waals surface area contributed by atoms with Gasteiger partial charge in [0.25, 0.3) is 5.91 Å². The Kier molecular flexibility index (Phi) is 4.14. The Labute approximate surface area is 134 Å². The van der Waals surface area contributed by atoms with Crippen molar-refractivity contribution in [2.45, 2.75) is 39.2 Å². The van der Waals surface area contributed by atoms with Gasteiger partial charge in [0.1, 0.15) is 5.82 Å². The van der Waals surface area contributed by atoms with Crippen molar-refractivity contribution in [3.63, 3.8) is 0 Å². The fourth-order valence-corrected chi connectivity index (χ4v) is 2.65. The number of rotatable bonds is 4. The third-order valence-corrected chi connectivity index (χ3v) is 4.18. The molecule has 2 heterocycles. The average Bonchev–Trinajstić information content (AvgIpc) is 3.01. The molecule has 0 aliphatic carbocycles. The Morgan fingerprint density at radius 1 is 1.39 bits per heavy atom. The number of hydrogen-bond donors (Lipinski definition) is 2. The summed E-state index contributed by atoms with van der Waals surface area (Å²) in [4.78, 5) is 23.9. The Hall–Kier alpha value is -2.63. The molecule has 0 spiro atoms. The zero-order valence-electron chi connectivity index (χ0n) is 13.3. The van der Waals surface area contributed by atoms with Crippen molar-refractivity contribution < 1.29 is 9.59 Å². The van der Waals surface area contributed by atoms with Gasteiger partial charge in [-0.3, -0.25) is 9.59 Å². The summed E-state index contributed by atoms with van der Waals surface area (Å²) >= 11 is 0. The van der Waals surface area contributed by atoms with Crippen molar-refractivity contribution >= 4 is 23.3 Å². The van der Waals surface area contributed by atoms with Gasteiger partial charge in [0, 0.05) is 23.7 Å². The maximum absolute atomic E-state index is 12.5. The van der Waals surface area contributed by atoms with Gasteiger partial charge in [0.05, 0.1) is 12.2 Å². The van der Waals surface area contributed by atoms with E-state index in [9.17, 15) is 9.59 Å². The fourth-order valence-electron chi connectivity index (χ4n) is 2.65. The van der Waals surface area contributed by atoms with Crippen LogP contribution in [0.4, 0.5) is 11.5 Å². The van der Waals surface area contributed by atoms with Crippen LogP contribution in [0.15, 0.2) is 30.5 Å². The average molecular weight is 312 g/mol. The van der Waals surface area contributed by atoms with Gasteiger partial charge in [-0.25, -0.2) is 4.68 Å². The Morgan fingerprint density at radius 3 is 3.00 bits per heavy atom. The van der Waals surface area contributed by atoms with Crippen LogP contribution < -0.4 is 10.6 Å². The fraction of sp³-hybridized carbons (Fsp3) is 0.353. The molecule has 2 amide bonds. The molecule has 0 fully saturated rings. The summed E-state index contributed by atoms with van der Waals surface area (Å²) in [6.07, 6.45) is 3.74. The number of nitrogens with one attached hydrogen (secondary N) is 2. The lowest BCUT2D eigenvalue weighted by molar-refractivity contribution is -0.116. The third kappa shape index (κ3) is 3.11. The molecule has 3 rings (SSSR count). The molecule has 1 unspecified atom stereocenters. The largest absolute Gasteiger partial charge is 0.326 e. The summed E-state index contributed by atoms with van der Waals surface area (Å²) in [5.74, 6) is 0.539. The molecular formula is C17H20N4O2. The Balaban J connectivity index is 1.79. The maximum Gasteiger partial charge on any atom is 0.256 e. The van der Waals surface area contributed by atoms with E-state index < -0.39 is 0 Å². The second-order valence-electron chi connectivity index (χ2n) is 5.79. The number of aryl methyl sites for hydroxylation is 1. The minimum Gasteiger partial charge on any atom is -0.326 e. The molecule has 2 N–H and O–H groups in total. The molecule has 0 saturated heterocycles. The second-order valence-corrected chi connectivity index (χ2v) is 5.79. The highest BCUT2D eigenvalue weighted by Crippen LogP contribution is 2.24. The number of hydrogen-bond acceptors (Lipinski definition) is 3. The zero-order valence-corrected chi connectivity index (χ0v) is 13.3. The van der Waals surface area contributed by atoms with E-state index in [1.54, 1.807) is 24.4 Å². The van der Waals surface area contributed by atoms with Crippen LogP contribution in [0.2, 0.25) is 0 Å².